The van der Waals surface area contributed by atoms with Crippen LogP contribution in [0.1, 0.15) is 27.2 Å². The minimum Gasteiger partial charge on any atom is -0.379 e. The highest BCUT2D eigenvalue weighted by atomic mass is 32.1. The van der Waals surface area contributed by atoms with Crippen molar-refractivity contribution in [1.82, 2.24) is 10.2 Å². The fourth-order valence-electron chi connectivity index (χ4n) is 1.78. The zero-order chi connectivity index (χ0) is 15.8. The summed E-state index contributed by atoms with van der Waals surface area (Å²) < 4.78 is 5.23. The summed E-state index contributed by atoms with van der Waals surface area (Å²) in [5.41, 5.74) is -0.378. The van der Waals surface area contributed by atoms with Gasteiger partial charge in [0.05, 0.1) is 13.2 Å². The van der Waals surface area contributed by atoms with Gasteiger partial charge in [0.15, 0.2) is 0 Å². The van der Waals surface area contributed by atoms with Gasteiger partial charge in [-0.15, -0.1) is 0 Å². The number of hydrogen-bond acceptors (Lipinski definition) is 4. The normalized spacial score (nSPS) is 12.9. The first-order chi connectivity index (χ1) is 9.22. The molecule has 5 nitrogen and oxygen atoms in total. The van der Waals surface area contributed by atoms with Crippen LogP contribution in [-0.4, -0.2) is 56.3 Å². The Balaban J connectivity index is 4.18. The van der Waals surface area contributed by atoms with Crippen molar-refractivity contribution in [2.45, 2.75) is 27.2 Å². The summed E-state index contributed by atoms with van der Waals surface area (Å²) in [7, 11) is 3.46. The fraction of sp³-hybridized carbons (Fsp3) is 0.857. The molecule has 0 saturated carbocycles. The molecule has 0 radical (unpaired) electrons. The van der Waals surface area contributed by atoms with Crippen molar-refractivity contribution in [1.29, 1.82) is 0 Å². The molecular weight excluding hydrogens is 276 g/mol. The van der Waals surface area contributed by atoms with E-state index in [1.807, 2.05) is 20.8 Å². The van der Waals surface area contributed by atoms with Gasteiger partial charge in [-0.2, -0.15) is 12.6 Å². The van der Waals surface area contributed by atoms with E-state index in [4.69, 9.17) is 4.74 Å². The lowest BCUT2D eigenvalue weighted by molar-refractivity contribution is -0.137. The molecule has 0 aliphatic carbocycles. The summed E-state index contributed by atoms with van der Waals surface area (Å²) in [6.07, 6.45) is 0.320. The second kappa shape index (κ2) is 9.23. The largest absolute Gasteiger partial charge is 0.379 e. The Bertz CT molecular complexity index is 320. The van der Waals surface area contributed by atoms with Gasteiger partial charge in [0.1, 0.15) is 0 Å². The zero-order valence-corrected chi connectivity index (χ0v) is 14.1. The Labute approximate surface area is 127 Å². The van der Waals surface area contributed by atoms with Gasteiger partial charge in [-0.3, -0.25) is 9.59 Å². The molecule has 0 aromatic rings. The van der Waals surface area contributed by atoms with Gasteiger partial charge in [-0.25, -0.2) is 0 Å². The molecule has 1 N–H and O–H groups in total. The average molecular weight is 304 g/mol. The van der Waals surface area contributed by atoms with Crippen LogP contribution < -0.4 is 5.32 Å². The Morgan fingerprint density at radius 1 is 1.30 bits per heavy atom. The predicted octanol–water partition coefficient (Wildman–Crippen LogP) is 1.19. The van der Waals surface area contributed by atoms with Crippen LogP contribution in [0.25, 0.3) is 0 Å². The van der Waals surface area contributed by atoms with Gasteiger partial charge in [0.25, 0.3) is 0 Å². The van der Waals surface area contributed by atoms with Gasteiger partial charge in [-0.05, 0) is 5.41 Å². The van der Waals surface area contributed by atoms with Crippen LogP contribution in [0, 0.1) is 11.3 Å². The van der Waals surface area contributed by atoms with Crippen molar-refractivity contribution in [3.05, 3.63) is 0 Å². The number of amides is 2. The van der Waals surface area contributed by atoms with Crippen molar-refractivity contribution in [2.24, 2.45) is 11.3 Å². The lowest BCUT2D eigenvalue weighted by Crippen LogP contribution is -2.40. The Morgan fingerprint density at radius 3 is 2.40 bits per heavy atom. The third-order valence-corrected chi connectivity index (χ3v) is 3.59. The number of carbonyl (C=O) groups excluding carboxylic acids is 2. The molecule has 0 spiro atoms. The standard InChI is InChI=1S/C14H28N2O3S/c1-11(13(18)16(4)5)14(2,3)10-12(17)15-6-7-19-8-9-20/h11,20H,6-10H2,1-5H3,(H,15,17). The first-order valence-corrected chi connectivity index (χ1v) is 7.52. The fourth-order valence-corrected chi connectivity index (χ4v) is 1.91. The maximum Gasteiger partial charge on any atom is 0.225 e. The van der Waals surface area contributed by atoms with Gasteiger partial charge in [-0.1, -0.05) is 20.8 Å². The summed E-state index contributed by atoms with van der Waals surface area (Å²) in [5, 5.41) is 2.81. The van der Waals surface area contributed by atoms with Crippen LogP contribution >= 0.6 is 12.6 Å². The van der Waals surface area contributed by atoms with Crippen LogP contribution in [0.5, 0.6) is 0 Å². The van der Waals surface area contributed by atoms with E-state index >= 15 is 0 Å². The molecule has 0 aromatic carbocycles. The Kier molecular flexibility index (Phi) is 8.89. The first-order valence-electron chi connectivity index (χ1n) is 6.89. The van der Waals surface area contributed by atoms with Crippen molar-refractivity contribution in [2.75, 3.05) is 39.6 Å². The average Bonchev–Trinajstić information content (AvgIpc) is 2.35. The monoisotopic (exact) mass is 304 g/mol. The minimum atomic E-state index is -0.378. The van der Waals surface area contributed by atoms with E-state index in [9.17, 15) is 9.59 Å². The van der Waals surface area contributed by atoms with E-state index in [1.54, 1.807) is 19.0 Å². The van der Waals surface area contributed by atoms with Gasteiger partial charge < -0.3 is 15.0 Å². The van der Waals surface area contributed by atoms with Crippen molar-refractivity contribution < 1.29 is 14.3 Å². The van der Waals surface area contributed by atoms with Crippen molar-refractivity contribution in [3.63, 3.8) is 0 Å². The van der Waals surface area contributed by atoms with E-state index in [0.29, 0.717) is 31.9 Å². The highest BCUT2D eigenvalue weighted by Crippen LogP contribution is 2.31. The SMILES string of the molecule is CC(C(=O)N(C)C)C(C)(C)CC(=O)NCCOCCS. The highest BCUT2D eigenvalue weighted by Gasteiger charge is 2.34. The second-order valence-electron chi connectivity index (χ2n) is 5.81. The van der Waals surface area contributed by atoms with E-state index in [0.717, 1.165) is 0 Å². The number of rotatable bonds is 9. The van der Waals surface area contributed by atoms with Gasteiger partial charge in [0, 0.05) is 38.7 Å². The van der Waals surface area contributed by atoms with Crippen LogP contribution in [0.3, 0.4) is 0 Å². The summed E-state index contributed by atoms with van der Waals surface area (Å²) in [6, 6.07) is 0. The second-order valence-corrected chi connectivity index (χ2v) is 6.25. The summed E-state index contributed by atoms with van der Waals surface area (Å²) >= 11 is 4.03. The molecule has 0 aliphatic rings. The molecule has 20 heavy (non-hydrogen) atoms. The molecule has 0 aromatic heterocycles. The Hall–Kier alpha value is -0.750. The molecule has 1 atom stereocenters. The lowest BCUT2D eigenvalue weighted by Gasteiger charge is -2.32. The van der Waals surface area contributed by atoms with Crippen LogP contribution in [0.4, 0.5) is 0 Å². The maximum absolute atomic E-state index is 12.0. The van der Waals surface area contributed by atoms with E-state index in [-0.39, 0.29) is 23.1 Å². The third kappa shape index (κ3) is 7.14. The van der Waals surface area contributed by atoms with Gasteiger partial charge in [0.2, 0.25) is 11.8 Å². The van der Waals surface area contributed by atoms with E-state index in [1.165, 1.54) is 0 Å². The molecule has 0 saturated heterocycles. The smallest absolute Gasteiger partial charge is 0.225 e. The van der Waals surface area contributed by atoms with Crippen molar-refractivity contribution >= 4 is 24.4 Å². The zero-order valence-electron chi connectivity index (χ0n) is 13.2. The van der Waals surface area contributed by atoms with Gasteiger partial charge >= 0.3 is 0 Å². The lowest BCUT2D eigenvalue weighted by atomic mass is 9.76. The number of ether oxygens (including phenoxy) is 1. The highest BCUT2D eigenvalue weighted by molar-refractivity contribution is 7.80. The molecule has 6 heteroatoms. The molecule has 2 amide bonds. The number of carbonyl (C=O) groups is 2. The quantitative estimate of drug-likeness (QED) is 0.497. The topological polar surface area (TPSA) is 58.6 Å². The number of nitrogens with one attached hydrogen (secondary N) is 1. The summed E-state index contributed by atoms with van der Waals surface area (Å²) in [4.78, 5) is 25.4. The molecule has 0 fully saturated rings. The molecule has 1 unspecified atom stereocenters. The number of hydrogen-bond donors (Lipinski definition) is 2. The molecule has 0 rings (SSSR count). The van der Waals surface area contributed by atoms with Crippen LogP contribution in [0.15, 0.2) is 0 Å². The summed E-state index contributed by atoms with van der Waals surface area (Å²) in [5.74, 6) is 0.456. The van der Waals surface area contributed by atoms with Crippen molar-refractivity contribution in [3.8, 4) is 0 Å². The number of thiol groups is 1. The molecular formula is C14H28N2O3S. The van der Waals surface area contributed by atoms with Crippen LogP contribution in [-0.2, 0) is 14.3 Å². The van der Waals surface area contributed by atoms with E-state index < -0.39 is 0 Å². The maximum atomic E-state index is 12.0. The molecule has 0 heterocycles. The third-order valence-electron chi connectivity index (χ3n) is 3.40. The minimum absolute atomic E-state index is 0.0416. The first kappa shape index (κ1) is 19.2. The molecule has 0 aliphatic heterocycles. The predicted molar refractivity (Wildman–Crippen MR) is 83.9 cm³/mol. The number of nitrogens with zero attached hydrogens (tertiary/aromatic N) is 1. The van der Waals surface area contributed by atoms with E-state index in [2.05, 4.69) is 17.9 Å². The Morgan fingerprint density at radius 2 is 1.90 bits per heavy atom. The van der Waals surface area contributed by atoms with Crippen LogP contribution in [0.2, 0.25) is 0 Å². The molecule has 0 bridgehead atoms. The summed E-state index contributed by atoms with van der Waals surface area (Å²) in [6.45, 7) is 7.30. The molecule has 118 valence electrons.